The molecule has 0 radical (unpaired) electrons. The molecule has 3 aliphatic heterocycles. The molecule has 9 nitrogen and oxygen atoms in total. The normalized spacial score (nSPS) is 21.4. The second kappa shape index (κ2) is 7.47. The molecule has 1 atom stereocenters. The maximum atomic E-state index is 13.1. The van der Waals surface area contributed by atoms with E-state index in [9.17, 15) is 19.5 Å². The number of anilines is 2. The minimum atomic E-state index is -0.978. The van der Waals surface area contributed by atoms with Gasteiger partial charge in [0.05, 0.1) is 17.9 Å². The van der Waals surface area contributed by atoms with Gasteiger partial charge in [0.15, 0.2) is 5.13 Å². The molecule has 0 bridgehead atoms. The molecule has 1 aromatic heterocycles. The lowest BCUT2D eigenvalue weighted by atomic mass is 9.94. The number of carbonyl (C=O) groups excluding carboxylic acids is 2. The molecule has 1 saturated heterocycles. The third kappa shape index (κ3) is 3.48. The van der Waals surface area contributed by atoms with Crippen molar-refractivity contribution in [3.63, 3.8) is 0 Å². The first kappa shape index (κ1) is 20.7. The van der Waals surface area contributed by atoms with Crippen LogP contribution in [-0.4, -0.2) is 64.1 Å². The highest BCUT2D eigenvalue weighted by Crippen LogP contribution is 2.41. The van der Waals surface area contributed by atoms with Crippen LogP contribution in [0.1, 0.15) is 52.4 Å². The summed E-state index contributed by atoms with van der Waals surface area (Å²) < 4.78 is 5.79. The second-order valence-electron chi connectivity index (χ2n) is 8.96. The summed E-state index contributed by atoms with van der Waals surface area (Å²) in [5, 5.41) is 13.1. The number of benzene rings is 1. The van der Waals surface area contributed by atoms with Crippen molar-refractivity contribution in [2.45, 2.75) is 44.7 Å². The molecule has 5 rings (SSSR count). The average molecular weight is 457 g/mol. The summed E-state index contributed by atoms with van der Waals surface area (Å²) in [5.41, 5.74) is 1.53. The zero-order valence-corrected chi connectivity index (χ0v) is 18.7. The first-order valence-electron chi connectivity index (χ1n) is 10.6. The van der Waals surface area contributed by atoms with Gasteiger partial charge < -0.3 is 25.0 Å². The average Bonchev–Trinajstić information content (AvgIpc) is 3.39. The highest BCUT2D eigenvalue weighted by atomic mass is 32.1. The molecule has 2 amide bonds. The van der Waals surface area contributed by atoms with Crippen LogP contribution in [0.3, 0.4) is 0 Å². The standard InChI is InChI=1S/C22H24N4O5S/c1-22(2)11-13-17(18(27)24-22)32-21(23-13)26-8-9-31-16-6-5-12(10-15(16)26)19(28)25-7-3-4-14(25)20(29)30/h5-6,10,14H,3-4,7-9,11H2,1-2H3,(H,24,27)(H,29,30)/t14-/m1/s1. The van der Waals surface area contributed by atoms with Gasteiger partial charge in [-0.1, -0.05) is 11.3 Å². The van der Waals surface area contributed by atoms with Crippen LogP contribution in [0.15, 0.2) is 18.2 Å². The lowest BCUT2D eigenvalue weighted by Gasteiger charge is -2.30. The fraction of sp³-hybridized carbons (Fsp3) is 0.455. The van der Waals surface area contributed by atoms with E-state index in [2.05, 4.69) is 5.32 Å². The SMILES string of the molecule is CC1(C)Cc2nc(N3CCOc4ccc(C(=O)N5CCC[C@@H]5C(=O)O)cc43)sc2C(=O)N1. The van der Waals surface area contributed by atoms with E-state index in [0.29, 0.717) is 66.0 Å². The number of amides is 2. The Labute approximate surface area is 189 Å². The summed E-state index contributed by atoms with van der Waals surface area (Å²) in [6, 6.07) is 4.35. The van der Waals surface area contributed by atoms with Crippen LogP contribution in [0.25, 0.3) is 0 Å². The third-order valence-corrected chi connectivity index (χ3v) is 7.17. The van der Waals surface area contributed by atoms with Crippen LogP contribution >= 0.6 is 11.3 Å². The van der Waals surface area contributed by atoms with Gasteiger partial charge in [0.1, 0.15) is 23.3 Å². The fourth-order valence-corrected chi connectivity index (χ4v) is 5.58. The molecule has 1 fully saturated rings. The smallest absolute Gasteiger partial charge is 0.326 e. The summed E-state index contributed by atoms with van der Waals surface area (Å²) >= 11 is 1.33. The number of hydrogen-bond acceptors (Lipinski definition) is 7. The molecule has 3 aliphatic rings. The maximum absolute atomic E-state index is 13.1. The third-order valence-electron chi connectivity index (χ3n) is 6.05. The van der Waals surface area contributed by atoms with Crippen molar-refractivity contribution in [2.75, 3.05) is 24.6 Å². The second-order valence-corrected chi connectivity index (χ2v) is 9.94. The highest BCUT2D eigenvalue weighted by molar-refractivity contribution is 7.17. The summed E-state index contributed by atoms with van der Waals surface area (Å²) in [6.07, 6.45) is 1.78. The van der Waals surface area contributed by atoms with Crippen LogP contribution in [0.2, 0.25) is 0 Å². The maximum Gasteiger partial charge on any atom is 0.326 e. The van der Waals surface area contributed by atoms with Gasteiger partial charge in [-0.2, -0.15) is 0 Å². The van der Waals surface area contributed by atoms with Gasteiger partial charge in [0.2, 0.25) is 0 Å². The zero-order chi connectivity index (χ0) is 22.6. The summed E-state index contributed by atoms with van der Waals surface area (Å²) in [7, 11) is 0. The summed E-state index contributed by atoms with van der Waals surface area (Å²) in [5.74, 6) is -0.774. The van der Waals surface area contributed by atoms with Crippen molar-refractivity contribution in [3.8, 4) is 5.75 Å². The number of fused-ring (bicyclic) bond motifs is 2. The largest absolute Gasteiger partial charge is 0.490 e. The molecule has 4 heterocycles. The number of likely N-dealkylation sites (tertiary alicyclic amines) is 1. The predicted molar refractivity (Wildman–Crippen MR) is 118 cm³/mol. The lowest BCUT2D eigenvalue weighted by Crippen LogP contribution is -2.48. The fourth-order valence-electron chi connectivity index (χ4n) is 4.56. The van der Waals surface area contributed by atoms with Gasteiger partial charge in [-0.15, -0.1) is 0 Å². The van der Waals surface area contributed by atoms with Crippen LogP contribution in [-0.2, 0) is 11.2 Å². The Kier molecular flexibility index (Phi) is 4.85. The Balaban J connectivity index is 1.49. The van der Waals surface area contributed by atoms with Crippen molar-refractivity contribution in [2.24, 2.45) is 0 Å². The van der Waals surface area contributed by atoms with E-state index >= 15 is 0 Å². The Morgan fingerprint density at radius 1 is 1.31 bits per heavy atom. The molecule has 0 saturated carbocycles. The van der Waals surface area contributed by atoms with Crippen LogP contribution in [0, 0.1) is 0 Å². The number of aliphatic carboxylic acids is 1. The molecule has 0 aliphatic carbocycles. The van der Waals surface area contributed by atoms with Gasteiger partial charge in [0.25, 0.3) is 11.8 Å². The Hall–Kier alpha value is -3.14. The van der Waals surface area contributed by atoms with E-state index in [0.717, 1.165) is 5.69 Å². The number of nitrogens with zero attached hydrogens (tertiary/aromatic N) is 3. The number of aromatic nitrogens is 1. The number of carboxylic acid groups (broad SMARTS) is 1. The van der Waals surface area contributed by atoms with E-state index in [4.69, 9.17) is 9.72 Å². The molecule has 32 heavy (non-hydrogen) atoms. The molecule has 0 spiro atoms. The molecular formula is C22H24N4O5S. The van der Waals surface area contributed by atoms with E-state index in [-0.39, 0.29) is 17.4 Å². The number of carbonyl (C=O) groups is 3. The van der Waals surface area contributed by atoms with E-state index < -0.39 is 12.0 Å². The van der Waals surface area contributed by atoms with E-state index in [1.54, 1.807) is 18.2 Å². The monoisotopic (exact) mass is 456 g/mol. The number of hydrogen-bond donors (Lipinski definition) is 2. The Bertz CT molecular complexity index is 1130. The van der Waals surface area contributed by atoms with Crippen molar-refractivity contribution in [3.05, 3.63) is 34.3 Å². The predicted octanol–water partition coefficient (Wildman–Crippen LogP) is 2.43. The van der Waals surface area contributed by atoms with Gasteiger partial charge in [-0.05, 0) is 44.9 Å². The highest BCUT2D eigenvalue weighted by Gasteiger charge is 2.36. The molecule has 2 aromatic rings. The molecular weight excluding hydrogens is 432 g/mol. The van der Waals surface area contributed by atoms with Crippen LogP contribution in [0.5, 0.6) is 5.75 Å². The van der Waals surface area contributed by atoms with Gasteiger partial charge >= 0.3 is 5.97 Å². The molecule has 0 unspecified atom stereocenters. The topological polar surface area (TPSA) is 112 Å². The number of rotatable bonds is 3. The first-order valence-corrected chi connectivity index (χ1v) is 11.5. The van der Waals surface area contributed by atoms with Crippen molar-refractivity contribution in [1.29, 1.82) is 0 Å². The van der Waals surface area contributed by atoms with Crippen molar-refractivity contribution >= 4 is 39.9 Å². The van der Waals surface area contributed by atoms with Gasteiger partial charge in [0, 0.05) is 24.1 Å². The van der Waals surface area contributed by atoms with Gasteiger partial charge in [-0.3, -0.25) is 9.59 Å². The van der Waals surface area contributed by atoms with E-state index in [1.807, 2.05) is 18.7 Å². The summed E-state index contributed by atoms with van der Waals surface area (Å²) in [6.45, 7) is 5.35. The number of carboxylic acids is 1. The minimum Gasteiger partial charge on any atom is -0.490 e. The molecule has 168 valence electrons. The zero-order valence-electron chi connectivity index (χ0n) is 17.9. The van der Waals surface area contributed by atoms with Gasteiger partial charge in [-0.25, -0.2) is 9.78 Å². The lowest BCUT2D eigenvalue weighted by molar-refractivity contribution is -0.141. The number of nitrogens with one attached hydrogen (secondary N) is 1. The number of ether oxygens (including phenoxy) is 1. The molecule has 1 aromatic carbocycles. The molecule has 10 heteroatoms. The van der Waals surface area contributed by atoms with E-state index in [1.165, 1.54) is 16.2 Å². The van der Waals surface area contributed by atoms with Crippen molar-refractivity contribution < 1.29 is 24.2 Å². The minimum absolute atomic E-state index is 0.119. The Morgan fingerprint density at radius 3 is 2.91 bits per heavy atom. The van der Waals surface area contributed by atoms with Crippen LogP contribution < -0.4 is 15.0 Å². The quantitative estimate of drug-likeness (QED) is 0.729. The van der Waals surface area contributed by atoms with Crippen LogP contribution in [0.4, 0.5) is 10.8 Å². The van der Waals surface area contributed by atoms with Crippen molar-refractivity contribution in [1.82, 2.24) is 15.2 Å². The Morgan fingerprint density at radius 2 is 2.12 bits per heavy atom. The number of thiazole rings is 1. The summed E-state index contributed by atoms with van der Waals surface area (Å²) in [4.78, 5) is 45.9. The molecule has 2 N–H and O–H groups in total. The first-order chi connectivity index (χ1) is 15.2.